The molecule has 0 radical (unpaired) electrons. The zero-order valence-corrected chi connectivity index (χ0v) is 26.1. The molecule has 3 aromatic carbocycles. The SMILES string of the molecule is COc1ccc(COCC[C@H]2C[C@](C)(O)C[C@@]3(C[C@@H](OCc4ccc(OC)cc4)C[C@H](COCc4ccccc4)O3)O2)cc1. The molecule has 2 aliphatic rings. The second-order valence-electron chi connectivity index (χ2n) is 12.2. The lowest BCUT2D eigenvalue weighted by atomic mass is 9.82. The predicted molar refractivity (Wildman–Crippen MR) is 167 cm³/mol. The van der Waals surface area contributed by atoms with Crippen LogP contribution in [0.2, 0.25) is 0 Å². The molecule has 1 spiro atoms. The van der Waals surface area contributed by atoms with Crippen molar-refractivity contribution in [2.24, 2.45) is 0 Å². The number of aliphatic hydroxyl groups is 1. The topological polar surface area (TPSA) is 84.8 Å². The summed E-state index contributed by atoms with van der Waals surface area (Å²) in [5.74, 6) is 0.650. The van der Waals surface area contributed by atoms with Crippen LogP contribution < -0.4 is 9.47 Å². The molecular weight excluding hydrogens is 560 g/mol. The van der Waals surface area contributed by atoms with Crippen LogP contribution in [0.1, 0.15) is 55.7 Å². The van der Waals surface area contributed by atoms with E-state index in [0.717, 1.165) is 28.2 Å². The average Bonchev–Trinajstić information content (AvgIpc) is 3.02. The molecule has 0 aromatic heterocycles. The first kappa shape index (κ1) is 32.4. The van der Waals surface area contributed by atoms with Crippen molar-refractivity contribution in [3.8, 4) is 11.5 Å². The zero-order valence-electron chi connectivity index (χ0n) is 26.1. The van der Waals surface area contributed by atoms with Gasteiger partial charge in [-0.1, -0.05) is 54.6 Å². The van der Waals surface area contributed by atoms with Gasteiger partial charge < -0.3 is 38.3 Å². The molecule has 238 valence electrons. The van der Waals surface area contributed by atoms with E-state index in [-0.39, 0.29) is 18.3 Å². The quantitative estimate of drug-likeness (QED) is 0.217. The summed E-state index contributed by atoms with van der Waals surface area (Å²) in [6.45, 7) is 4.23. The smallest absolute Gasteiger partial charge is 0.174 e. The number of ether oxygens (including phenoxy) is 7. The minimum absolute atomic E-state index is 0.128. The van der Waals surface area contributed by atoms with E-state index in [9.17, 15) is 5.11 Å². The number of benzene rings is 3. The Morgan fingerprint density at radius 2 is 1.32 bits per heavy atom. The van der Waals surface area contributed by atoms with Gasteiger partial charge in [-0.2, -0.15) is 0 Å². The summed E-state index contributed by atoms with van der Waals surface area (Å²) in [7, 11) is 3.31. The van der Waals surface area contributed by atoms with Crippen molar-refractivity contribution < 1.29 is 38.3 Å². The van der Waals surface area contributed by atoms with Crippen LogP contribution in [0, 0.1) is 0 Å². The van der Waals surface area contributed by atoms with Gasteiger partial charge >= 0.3 is 0 Å². The van der Waals surface area contributed by atoms with Crippen molar-refractivity contribution in [2.75, 3.05) is 27.4 Å². The molecule has 3 aromatic rings. The molecule has 0 bridgehead atoms. The van der Waals surface area contributed by atoms with Crippen LogP contribution in [0.3, 0.4) is 0 Å². The summed E-state index contributed by atoms with van der Waals surface area (Å²) in [6, 6.07) is 25.9. The van der Waals surface area contributed by atoms with E-state index >= 15 is 0 Å². The highest BCUT2D eigenvalue weighted by atomic mass is 16.7. The number of hydrogen-bond donors (Lipinski definition) is 1. The third kappa shape index (κ3) is 9.51. The highest BCUT2D eigenvalue weighted by Crippen LogP contribution is 2.44. The first-order valence-electron chi connectivity index (χ1n) is 15.5. The lowest BCUT2D eigenvalue weighted by Gasteiger charge is -2.52. The minimum atomic E-state index is -0.980. The van der Waals surface area contributed by atoms with Crippen LogP contribution in [0.15, 0.2) is 78.9 Å². The normalized spacial score (nSPS) is 26.9. The molecule has 2 aliphatic heterocycles. The monoisotopic (exact) mass is 606 g/mol. The molecular formula is C36H46O8. The van der Waals surface area contributed by atoms with Crippen molar-refractivity contribution >= 4 is 0 Å². The maximum Gasteiger partial charge on any atom is 0.174 e. The maximum atomic E-state index is 11.4. The van der Waals surface area contributed by atoms with Gasteiger partial charge in [0, 0.05) is 32.3 Å². The molecule has 8 nitrogen and oxygen atoms in total. The Bertz CT molecular complexity index is 1260. The molecule has 44 heavy (non-hydrogen) atoms. The Morgan fingerprint density at radius 3 is 1.98 bits per heavy atom. The molecule has 1 N–H and O–H groups in total. The second-order valence-corrected chi connectivity index (χ2v) is 12.2. The van der Waals surface area contributed by atoms with E-state index < -0.39 is 11.4 Å². The summed E-state index contributed by atoms with van der Waals surface area (Å²) in [5.41, 5.74) is 2.29. The lowest BCUT2D eigenvalue weighted by Crippen LogP contribution is -2.58. The van der Waals surface area contributed by atoms with Crippen molar-refractivity contribution in [3.63, 3.8) is 0 Å². The fourth-order valence-electron chi connectivity index (χ4n) is 6.18. The lowest BCUT2D eigenvalue weighted by molar-refractivity contribution is -0.356. The minimum Gasteiger partial charge on any atom is -0.497 e. The van der Waals surface area contributed by atoms with Gasteiger partial charge in [0.2, 0.25) is 0 Å². The van der Waals surface area contributed by atoms with Crippen molar-refractivity contribution in [1.82, 2.24) is 0 Å². The number of rotatable bonds is 14. The van der Waals surface area contributed by atoms with Crippen LogP contribution in [0.5, 0.6) is 11.5 Å². The average molecular weight is 607 g/mol. The van der Waals surface area contributed by atoms with Crippen LogP contribution in [0.4, 0.5) is 0 Å². The third-order valence-corrected chi connectivity index (χ3v) is 8.22. The van der Waals surface area contributed by atoms with Crippen molar-refractivity contribution in [1.29, 1.82) is 0 Å². The molecule has 0 amide bonds. The van der Waals surface area contributed by atoms with E-state index in [1.54, 1.807) is 14.2 Å². The van der Waals surface area contributed by atoms with Gasteiger partial charge in [0.05, 0.1) is 64.6 Å². The molecule has 2 fully saturated rings. The second kappa shape index (κ2) is 15.3. The van der Waals surface area contributed by atoms with Gasteiger partial charge in [0.25, 0.3) is 0 Å². The molecule has 2 saturated heterocycles. The third-order valence-electron chi connectivity index (χ3n) is 8.22. The molecule has 0 saturated carbocycles. The summed E-state index contributed by atoms with van der Waals surface area (Å²) < 4.78 is 42.5. The molecule has 0 aliphatic carbocycles. The Balaban J connectivity index is 1.22. The first-order chi connectivity index (χ1) is 21.3. The highest BCUT2D eigenvalue weighted by molar-refractivity contribution is 5.27. The van der Waals surface area contributed by atoms with E-state index in [1.807, 2.05) is 85.8 Å². The van der Waals surface area contributed by atoms with Gasteiger partial charge in [0.1, 0.15) is 11.5 Å². The molecule has 8 heteroatoms. The van der Waals surface area contributed by atoms with Crippen molar-refractivity contribution in [3.05, 3.63) is 95.6 Å². The van der Waals surface area contributed by atoms with Gasteiger partial charge in [-0.25, -0.2) is 0 Å². The van der Waals surface area contributed by atoms with E-state index in [1.165, 1.54) is 0 Å². The number of hydrogen-bond acceptors (Lipinski definition) is 8. The Morgan fingerprint density at radius 1 is 0.727 bits per heavy atom. The van der Waals surface area contributed by atoms with Crippen LogP contribution in [-0.4, -0.2) is 62.2 Å². The summed E-state index contributed by atoms with van der Waals surface area (Å²) >= 11 is 0. The van der Waals surface area contributed by atoms with Crippen LogP contribution in [0.25, 0.3) is 0 Å². The summed E-state index contributed by atoms with van der Waals surface area (Å²) in [5, 5.41) is 11.4. The Kier molecular flexibility index (Phi) is 11.3. The Labute approximate surface area is 261 Å². The van der Waals surface area contributed by atoms with E-state index in [0.29, 0.717) is 65.1 Å². The largest absolute Gasteiger partial charge is 0.497 e. The number of methoxy groups -OCH3 is 2. The van der Waals surface area contributed by atoms with Gasteiger partial charge in [-0.05, 0) is 54.3 Å². The van der Waals surface area contributed by atoms with E-state index in [4.69, 9.17) is 33.2 Å². The molecule has 5 atom stereocenters. The van der Waals surface area contributed by atoms with Crippen molar-refractivity contribution in [2.45, 2.75) is 88.5 Å². The Hall–Kier alpha value is -2.98. The highest BCUT2D eigenvalue weighted by Gasteiger charge is 2.52. The molecule has 5 rings (SSSR count). The van der Waals surface area contributed by atoms with Crippen LogP contribution >= 0.6 is 0 Å². The van der Waals surface area contributed by atoms with E-state index in [2.05, 4.69) is 0 Å². The van der Waals surface area contributed by atoms with Gasteiger partial charge in [-0.3, -0.25) is 0 Å². The summed E-state index contributed by atoms with van der Waals surface area (Å²) in [4.78, 5) is 0. The predicted octanol–water partition coefficient (Wildman–Crippen LogP) is 6.22. The fraction of sp³-hybridized carbons (Fsp3) is 0.500. The molecule has 2 heterocycles. The standard InChI is InChI=1S/C36H46O8/c1-35(37)20-32(17-18-40-22-28-9-13-30(38-2)14-10-28)43-36(26-35)21-33(42-24-29-11-15-31(39-3)16-12-29)19-34(44-36)25-41-23-27-7-5-4-6-8-27/h4-16,32-34,37H,17-26H2,1-3H3/t32-,33-,34+,35-,36-/m0/s1. The summed E-state index contributed by atoms with van der Waals surface area (Å²) in [6.07, 6.45) is 2.12. The molecule has 0 unspecified atom stereocenters. The zero-order chi connectivity index (χ0) is 30.8. The first-order valence-corrected chi connectivity index (χ1v) is 15.5. The fourth-order valence-corrected chi connectivity index (χ4v) is 6.18. The van der Waals surface area contributed by atoms with Crippen LogP contribution in [-0.2, 0) is 43.5 Å². The maximum absolute atomic E-state index is 11.4. The van der Waals surface area contributed by atoms with Gasteiger partial charge in [-0.15, -0.1) is 0 Å². The van der Waals surface area contributed by atoms with Gasteiger partial charge in [0.15, 0.2) is 5.79 Å².